The molecule has 0 radical (unpaired) electrons. The van der Waals surface area contributed by atoms with E-state index < -0.39 is 0 Å². The summed E-state index contributed by atoms with van der Waals surface area (Å²) in [6.07, 6.45) is 5.05. The van der Waals surface area contributed by atoms with Gasteiger partial charge in [0.1, 0.15) is 0 Å². The van der Waals surface area contributed by atoms with Gasteiger partial charge < -0.3 is 19.5 Å². The van der Waals surface area contributed by atoms with E-state index in [-0.39, 0.29) is 6.79 Å². The van der Waals surface area contributed by atoms with Crippen molar-refractivity contribution in [2.24, 2.45) is 5.92 Å². The molecule has 0 aromatic heterocycles. The van der Waals surface area contributed by atoms with Gasteiger partial charge >= 0.3 is 0 Å². The number of methoxy groups -OCH3 is 1. The van der Waals surface area contributed by atoms with E-state index in [1.165, 1.54) is 25.7 Å². The van der Waals surface area contributed by atoms with Crippen molar-refractivity contribution in [1.29, 1.82) is 0 Å². The van der Waals surface area contributed by atoms with E-state index in [4.69, 9.17) is 25.8 Å². The van der Waals surface area contributed by atoms with Crippen molar-refractivity contribution in [3.8, 4) is 11.5 Å². The van der Waals surface area contributed by atoms with Gasteiger partial charge in [-0.3, -0.25) is 0 Å². The quantitative estimate of drug-likeness (QED) is 0.561. The Morgan fingerprint density at radius 2 is 2.05 bits per heavy atom. The first kappa shape index (κ1) is 14.9. The second kappa shape index (κ2) is 6.86. The fraction of sp³-hybridized carbons (Fsp3) is 0.625. The normalized spacial score (nSPS) is 17.8. The Morgan fingerprint density at radius 1 is 1.24 bits per heavy atom. The average Bonchev–Trinajstić information content (AvgIpc) is 3.36. The van der Waals surface area contributed by atoms with Gasteiger partial charge in [0.15, 0.2) is 18.3 Å². The number of benzene rings is 1. The molecule has 0 amide bonds. The van der Waals surface area contributed by atoms with Gasteiger partial charge in [-0.05, 0) is 37.7 Å². The summed E-state index contributed by atoms with van der Waals surface area (Å²) in [6.45, 7) is 1.77. The van der Waals surface area contributed by atoms with Crippen LogP contribution in [0.1, 0.15) is 31.2 Å². The molecule has 2 aliphatic carbocycles. The molecule has 2 aliphatic rings. The second-order valence-electron chi connectivity index (χ2n) is 5.83. The molecule has 0 unspecified atom stereocenters. The van der Waals surface area contributed by atoms with Crippen molar-refractivity contribution in [1.82, 2.24) is 5.32 Å². The van der Waals surface area contributed by atoms with Crippen LogP contribution >= 0.6 is 11.6 Å². The topological polar surface area (TPSA) is 39.7 Å². The van der Waals surface area contributed by atoms with E-state index in [0.29, 0.717) is 16.8 Å². The van der Waals surface area contributed by atoms with E-state index in [9.17, 15) is 0 Å². The van der Waals surface area contributed by atoms with Crippen LogP contribution in [-0.2, 0) is 11.3 Å². The molecule has 2 fully saturated rings. The molecule has 0 aliphatic heterocycles. The second-order valence-corrected chi connectivity index (χ2v) is 6.26. The SMILES string of the molecule is COc1cc(Cl)cc(CNC2CC2)c1OCOCC1CC1. The van der Waals surface area contributed by atoms with Crippen LogP contribution < -0.4 is 14.8 Å². The number of ether oxygens (including phenoxy) is 3. The van der Waals surface area contributed by atoms with Crippen molar-refractivity contribution >= 4 is 11.6 Å². The predicted molar refractivity (Wildman–Crippen MR) is 82.0 cm³/mol. The van der Waals surface area contributed by atoms with Crippen LogP contribution in [0.2, 0.25) is 5.02 Å². The molecule has 1 aromatic rings. The van der Waals surface area contributed by atoms with Gasteiger partial charge in [-0.25, -0.2) is 0 Å². The van der Waals surface area contributed by atoms with E-state index in [1.807, 2.05) is 6.07 Å². The number of hydrogen-bond acceptors (Lipinski definition) is 4. The number of hydrogen-bond donors (Lipinski definition) is 1. The highest BCUT2D eigenvalue weighted by Gasteiger charge is 2.23. The Labute approximate surface area is 130 Å². The van der Waals surface area contributed by atoms with Crippen molar-refractivity contribution in [2.45, 2.75) is 38.3 Å². The molecule has 4 nitrogen and oxygen atoms in total. The van der Waals surface area contributed by atoms with Gasteiger partial charge in [-0.1, -0.05) is 11.6 Å². The molecule has 21 heavy (non-hydrogen) atoms. The summed E-state index contributed by atoms with van der Waals surface area (Å²) >= 11 is 6.15. The first-order valence-electron chi connectivity index (χ1n) is 7.56. The summed E-state index contributed by atoms with van der Waals surface area (Å²) in [5, 5.41) is 4.13. The fourth-order valence-electron chi connectivity index (χ4n) is 2.21. The molecule has 0 bridgehead atoms. The van der Waals surface area contributed by atoms with Crippen LogP contribution in [0.4, 0.5) is 0 Å². The predicted octanol–water partition coefficient (Wildman–Crippen LogP) is 3.36. The maximum absolute atomic E-state index is 6.15. The smallest absolute Gasteiger partial charge is 0.189 e. The molecule has 0 spiro atoms. The molecule has 1 aromatic carbocycles. The maximum Gasteiger partial charge on any atom is 0.189 e. The van der Waals surface area contributed by atoms with E-state index in [0.717, 1.165) is 30.4 Å². The summed E-state index contributed by atoms with van der Waals surface area (Å²) < 4.78 is 16.7. The summed E-state index contributed by atoms with van der Waals surface area (Å²) in [5.74, 6) is 2.12. The zero-order valence-electron chi connectivity index (χ0n) is 12.4. The Bertz CT molecular complexity index is 487. The van der Waals surface area contributed by atoms with E-state index in [2.05, 4.69) is 5.32 Å². The minimum Gasteiger partial charge on any atom is -0.493 e. The molecular formula is C16H22ClNO3. The number of rotatable bonds is 9. The summed E-state index contributed by atoms with van der Waals surface area (Å²) in [5.41, 5.74) is 1.02. The molecule has 3 rings (SSSR count). The van der Waals surface area contributed by atoms with Gasteiger partial charge in [0.05, 0.1) is 13.7 Å². The minimum absolute atomic E-state index is 0.255. The molecule has 1 N–H and O–H groups in total. The zero-order valence-corrected chi connectivity index (χ0v) is 13.1. The highest BCUT2D eigenvalue weighted by atomic mass is 35.5. The van der Waals surface area contributed by atoms with Crippen molar-refractivity contribution in [3.05, 3.63) is 22.7 Å². The van der Waals surface area contributed by atoms with Crippen LogP contribution in [0.5, 0.6) is 11.5 Å². The monoisotopic (exact) mass is 311 g/mol. The summed E-state index contributed by atoms with van der Waals surface area (Å²) in [4.78, 5) is 0. The Kier molecular flexibility index (Phi) is 4.88. The van der Waals surface area contributed by atoms with Crippen molar-refractivity contribution in [2.75, 3.05) is 20.5 Å². The largest absolute Gasteiger partial charge is 0.493 e. The molecule has 116 valence electrons. The Balaban J connectivity index is 1.63. The van der Waals surface area contributed by atoms with Gasteiger partial charge in [-0.15, -0.1) is 0 Å². The lowest BCUT2D eigenvalue weighted by Crippen LogP contribution is -2.17. The van der Waals surface area contributed by atoms with Gasteiger partial charge in [-0.2, -0.15) is 0 Å². The lowest BCUT2D eigenvalue weighted by atomic mass is 10.2. The van der Waals surface area contributed by atoms with Gasteiger partial charge in [0, 0.05) is 29.2 Å². The van der Waals surface area contributed by atoms with Crippen LogP contribution in [0.15, 0.2) is 12.1 Å². The zero-order chi connectivity index (χ0) is 14.7. The number of nitrogens with one attached hydrogen (secondary N) is 1. The van der Waals surface area contributed by atoms with Crippen LogP contribution in [0, 0.1) is 5.92 Å². The average molecular weight is 312 g/mol. The lowest BCUT2D eigenvalue weighted by Gasteiger charge is -2.16. The Hall–Kier alpha value is -0.970. The molecule has 0 atom stereocenters. The number of halogens is 1. The third-order valence-corrected chi connectivity index (χ3v) is 4.03. The van der Waals surface area contributed by atoms with Gasteiger partial charge in [0.25, 0.3) is 0 Å². The van der Waals surface area contributed by atoms with Crippen LogP contribution in [0.3, 0.4) is 0 Å². The first-order chi connectivity index (χ1) is 10.3. The molecule has 5 heteroatoms. The standard InChI is InChI=1S/C16H22ClNO3/c1-19-15-7-13(17)6-12(8-18-14-4-5-14)16(15)21-10-20-9-11-2-3-11/h6-7,11,14,18H,2-5,8-10H2,1H3. The molecule has 0 heterocycles. The fourth-order valence-corrected chi connectivity index (χ4v) is 2.44. The maximum atomic E-state index is 6.15. The molecule has 0 saturated heterocycles. The lowest BCUT2D eigenvalue weighted by molar-refractivity contribution is 0.00807. The third-order valence-electron chi connectivity index (χ3n) is 3.81. The molecular weight excluding hydrogens is 290 g/mol. The van der Waals surface area contributed by atoms with E-state index >= 15 is 0 Å². The van der Waals surface area contributed by atoms with Gasteiger partial charge in [0.2, 0.25) is 0 Å². The van der Waals surface area contributed by atoms with Crippen molar-refractivity contribution in [3.63, 3.8) is 0 Å². The van der Waals surface area contributed by atoms with E-state index in [1.54, 1.807) is 13.2 Å². The first-order valence-corrected chi connectivity index (χ1v) is 7.94. The highest BCUT2D eigenvalue weighted by Crippen LogP contribution is 2.35. The summed E-state index contributed by atoms with van der Waals surface area (Å²) in [6, 6.07) is 4.34. The molecule has 2 saturated carbocycles. The van der Waals surface area contributed by atoms with Crippen LogP contribution in [0.25, 0.3) is 0 Å². The summed E-state index contributed by atoms with van der Waals surface area (Å²) in [7, 11) is 1.63. The highest BCUT2D eigenvalue weighted by molar-refractivity contribution is 6.30. The van der Waals surface area contributed by atoms with Crippen molar-refractivity contribution < 1.29 is 14.2 Å². The third kappa shape index (κ3) is 4.50. The Morgan fingerprint density at radius 3 is 2.71 bits per heavy atom. The minimum atomic E-state index is 0.255. The van der Waals surface area contributed by atoms with Crippen LogP contribution in [-0.4, -0.2) is 26.6 Å².